The third kappa shape index (κ3) is 3.29. The zero-order chi connectivity index (χ0) is 13.0. The summed E-state index contributed by atoms with van der Waals surface area (Å²) >= 11 is 0. The van der Waals surface area contributed by atoms with Crippen molar-refractivity contribution in [1.29, 1.82) is 0 Å². The summed E-state index contributed by atoms with van der Waals surface area (Å²) in [5.41, 5.74) is 1.54. The summed E-state index contributed by atoms with van der Waals surface area (Å²) in [5, 5.41) is 0. The van der Waals surface area contributed by atoms with Crippen LogP contribution >= 0.6 is 0 Å². The second-order valence-electron chi connectivity index (χ2n) is 4.83. The molecule has 0 bridgehead atoms. The van der Waals surface area contributed by atoms with Gasteiger partial charge < -0.3 is 9.64 Å². The summed E-state index contributed by atoms with van der Waals surface area (Å²) < 4.78 is 5.72. The van der Waals surface area contributed by atoms with E-state index in [1.165, 1.54) is 19.8 Å². The minimum atomic E-state index is -0.000170. The molecule has 0 radical (unpaired) electrons. The number of carbonyl (C=O) groups is 1. The van der Waals surface area contributed by atoms with E-state index in [0.29, 0.717) is 11.8 Å². The van der Waals surface area contributed by atoms with E-state index < -0.39 is 0 Å². The van der Waals surface area contributed by atoms with Crippen LogP contribution in [-0.2, 0) is 4.74 Å². The highest BCUT2D eigenvalue weighted by atomic mass is 16.5. The van der Waals surface area contributed by atoms with Crippen LogP contribution in [0, 0.1) is 0 Å². The number of carbonyl (C=O) groups excluding carboxylic acids is 1. The third-order valence-corrected chi connectivity index (χ3v) is 3.30. The molecule has 0 aliphatic carbocycles. The van der Waals surface area contributed by atoms with Crippen molar-refractivity contribution in [2.75, 3.05) is 25.1 Å². The van der Waals surface area contributed by atoms with Gasteiger partial charge in [0.15, 0.2) is 5.78 Å². The summed E-state index contributed by atoms with van der Waals surface area (Å²) in [5.74, 6) is -0.000170. The van der Waals surface area contributed by atoms with Gasteiger partial charge in [-0.05, 0) is 31.4 Å². The molecule has 1 fully saturated rings. The monoisotopic (exact) mass is 248 g/mol. The van der Waals surface area contributed by atoms with Crippen LogP contribution < -0.4 is 4.90 Å². The van der Waals surface area contributed by atoms with Gasteiger partial charge >= 0.3 is 0 Å². The first kappa shape index (κ1) is 13.0. The first-order valence-electron chi connectivity index (χ1n) is 6.46. The fraction of sp³-hybridized carbons (Fsp3) is 0.571. The molecule has 0 aromatic carbocycles. The van der Waals surface area contributed by atoms with E-state index in [0.717, 1.165) is 25.3 Å². The lowest BCUT2D eigenvalue weighted by molar-refractivity contribution is 0.0216. The number of hydrogen-bond acceptors (Lipinski definition) is 4. The Morgan fingerprint density at radius 3 is 2.89 bits per heavy atom. The molecule has 2 heterocycles. The molecule has 1 aromatic heterocycles. The van der Waals surface area contributed by atoms with E-state index >= 15 is 0 Å². The average molecular weight is 248 g/mol. The Balaban J connectivity index is 1.95. The minimum Gasteiger partial charge on any atom is -0.376 e. The van der Waals surface area contributed by atoms with E-state index in [1.807, 2.05) is 13.1 Å². The van der Waals surface area contributed by atoms with Gasteiger partial charge in [-0.25, -0.2) is 0 Å². The van der Waals surface area contributed by atoms with Crippen molar-refractivity contribution in [1.82, 2.24) is 4.98 Å². The van der Waals surface area contributed by atoms with E-state index in [4.69, 9.17) is 4.74 Å². The number of rotatable bonds is 4. The second kappa shape index (κ2) is 5.96. The molecule has 0 amide bonds. The lowest BCUT2D eigenvalue weighted by atomic mass is 10.1. The van der Waals surface area contributed by atoms with Gasteiger partial charge in [0.25, 0.3) is 0 Å². The second-order valence-corrected chi connectivity index (χ2v) is 4.83. The molecule has 1 saturated heterocycles. The van der Waals surface area contributed by atoms with Gasteiger partial charge in [0, 0.05) is 27.1 Å². The van der Waals surface area contributed by atoms with Crippen molar-refractivity contribution in [3.8, 4) is 0 Å². The predicted octanol–water partition coefficient (Wildman–Crippen LogP) is 2.29. The molecule has 1 aliphatic heterocycles. The van der Waals surface area contributed by atoms with Crippen molar-refractivity contribution in [3.05, 3.63) is 24.0 Å². The highest BCUT2D eigenvalue weighted by Gasteiger charge is 2.16. The maximum absolute atomic E-state index is 11.1. The quantitative estimate of drug-likeness (QED) is 0.767. The molecule has 98 valence electrons. The van der Waals surface area contributed by atoms with Crippen LogP contribution in [0.3, 0.4) is 0 Å². The number of likely N-dealkylation sites (N-methyl/N-ethyl adjacent to an activating group) is 1. The number of hydrogen-bond donors (Lipinski definition) is 0. The molecule has 4 nitrogen and oxygen atoms in total. The van der Waals surface area contributed by atoms with Crippen molar-refractivity contribution >= 4 is 11.5 Å². The van der Waals surface area contributed by atoms with Crippen LogP contribution in [0.4, 0.5) is 5.69 Å². The maximum atomic E-state index is 11.1. The Morgan fingerprint density at radius 1 is 1.50 bits per heavy atom. The summed E-state index contributed by atoms with van der Waals surface area (Å²) in [6.07, 6.45) is 5.62. The fourth-order valence-electron chi connectivity index (χ4n) is 2.18. The topological polar surface area (TPSA) is 42.4 Å². The summed E-state index contributed by atoms with van der Waals surface area (Å²) in [6.45, 7) is 3.28. The zero-order valence-corrected chi connectivity index (χ0v) is 11.1. The van der Waals surface area contributed by atoms with Crippen molar-refractivity contribution < 1.29 is 9.53 Å². The van der Waals surface area contributed by atoms with Gasteiger partial charge in [-0.2, -0.15) is 0 Å². The molecule has 0 saturated carbocycles. The van der Waals surface area contributed by atoms with Crippen LogP contribution in [0.25, 0.3) is 0 Å². The first-order valence-corrected chi connectivity index (χ1v) is 6.46. The highest BCUT2D eigenvalue weighted by Crippen LogP contribution is 2.17. The van der Waals surface area contributed by atoms with Crippen LogP contribution in [-0.4, -0.2) is 37.1 Å². The lowest BCUT2D eigenvalue weighted by Crippen LogP contribution is -2.33. The largest absolute Gasteiger partial charge is 0.376 e. The van der Waals surface area contributed by atoms with Crippen LogP contribution in [0.5, 0.6) is 0 Å². The van der Waals surface area contributed by atoms with Gasteiger partial charge in [-0.1, -0.05) is 0 Å². The third-order valence-electron chi connectivity index (χ3n) is 3.30. The van der Waals surface area contributed by atoms with Crippen LogP contribution in [0.2, 0.25) is 0 Å². The zero-order valence-electron chi connectivity index (χ0n) is 11.1. The molecule has 18 heavy (non-hydrogen) atoms. The highest BCUT2D eigenvalue weighted by molar-refractivity contribution is 5.92. The number of anilines is 1. The van der Waals surface area contributed by atoms with Crippen molar-refractivity contribution in [2.45, 2.75) is 32.3 Å². The first-order chi connectivity index (χ1) is 8.66. The van der Waals surface area contributed by atoms with Gasteiger partial charge in [0.05, 0.1) is 18.0 Å². The molecule has 0 N–H and O–H groups in total. The SMILES string of the molecule is CC(=O)c1ccc(N(C)CC2CCCCO2)cn1. The normalized spacial score (nSPS) is 19.6. The minimum absolute atomic E-state index is 0.000170. The van der Waals surface area contributed by atoms with E-state index in [-0.39, 0.29) is 5.78 Å². The standard InChI is InChI=1S/C14H20N2O2/c1-11(17)14-7-6-12(9-15-14)16(2)10-13-5-3-4-8-18-13/h6-7,9,13H,3-5,8,10H2,1-2H3. The van der Waals surface area contributed by atoms with Crippen molar-refractivity contribution in [2.24, 2.45) is 0 Å². The lowest BCUT2D eigenvalue weighted by Gasteiger charge is -2.28. The molecule has 2 rings (SSSR count). The Hall–Kier alpha value is -1.42. The summed E-state index contributed by atoms with van der Waals surface area (Å²) in [6, 6.07) is 3.71. The van der Waals surface area contributed by atoms with Gasteiger partial charge in [0.2, 0.25) is 0 Å². The number of nitrogens with zero attached hydrogens (tertiary/aromatic N) is 2. The number of ketones is 1. The molecule has 1 aromatic rings. The van der Waals surface area contributed by atoms with Crippen molar-refractivity contribution in [3.63, 3.8) is 0 Å². The maximum Gasteiger partial charge on any atom is 0.178 e. The van der Waals surface area contributed by atoms with E-state index in [9.17, 15) is 4.79 Å². The van der Waals surface area contributed by atoms with Crippen LogP contribution in [0.1, 0.15) is 36.7 Å². The van der Waals surface area contributed by atoms with Crippen LogP contribution in [0.15, 0.2) is 18.3 Å². The van der Waals surface area contributed by atoms with Gasteiger partial charge in [-0.15, -0.1) is 0 Å². The average Bonchev–Trinajstić information content (AvgIpc) is 2.40. The molecule has 1 aliphatic rings. The molecule has 4 heteroatoms. The van der Waals surface area contributed by atoms with E-state index in [2.05, 4.69) is 9.88 Å². The number of aromatic nitrogens is 1. The number of ether oxygens (including phenoxy) is 1. The molecule has 1 atom stereocenters. The molecule has 1 unspecified atom stereocenters. The predicted molar refractivity (Wildman–Crippen MR) is 71.1 cm³/mol. The van der Waals surface area contributed by atoms with Gasteiger partial charge in [-0.3, -0.25) is 9.78 Å². The summed E-state index contributed by atoms with van der Waals surface area (Å²) in [4.78, 5) is 17.4. The smallest absolute Gasteiger partial charge is 0.178 e. The Bertz CT molecular complexity index is 397. The number of Topliss-reactive ketones (excluding diaryl/α,β-unsaturated/α-hetero) is 1. The number of pyridine rings is 1. The summed E-state index contributed by atoms with van der Waals surface area (Å²) in [7, 11) is 2.03. The Labute approximate surface area is 108 Å². The molecule has 0 spiro atoms. The molecular weight excluding hydrogens is 228 g/mol. The molecular formula is C14H20N2O2. The van der Waals surface area contributed by atoms with E-state index in [1.54, 1.807) is 12.3 Å². The Kier molecular flexibility index (Phi) is 4.31. The van der Waals surface area contributed by atoms with Gasteiger partial charge in [0.1, 0.15) is 5.69 Å². The fourth-order valence-corrected chi connectivity index (χ4v) is 2.18. The Morgan fingerprint density at radius 2 is 2.33 bits per heavy atom.